The Bertz CT molecular complexity index is 519. The molecule has 5 heteroatoms. The van der Waals surface area contributed by atoms with Crippen molar-refractivity contribution in [2.24, 2.45) is 0 Å². The van der Waals surface area contributed by atoms with Crippen molar-refractivity contribution < 1.29 is 9.53 Å². The van der Waals surface area contributed by atoms with Crippen LogP contribution in [-0.4, -0.2) is 29.5 Å². The summed E-state index contributed by atoms with van der Waals surface area (Å²) in [7, 11) is 1.58. The average molecular weight is 219 g/mol. The molecule has 0 atom stereocenters. The Labute approximate surface area is 92.8 Å². The Morgan fingerprint density at radius 2 is 2.44 bits per heavy atom. The van der Waals surface area contributed by atoms with Crippen molar-refractivity contribution in [3.05, 3.63) is 24.0 Å². The highest BCUT2D eigenvalue weighted by molar-refractivity contribution is 6.01. The van der Waals surface area contributed by atoms with Crippen LogP contribution in [0, 0.1) is 0 Å². The van der Waals surface area contributed by atoms with Crippen LogP contribution >= 0.6 is 0 Å². The molecule has 0 saturated heterocycles. The van der Waals surface area contributed by atoms with Gasteiger partial charge in [-0.2, -0.15) is 0 Å². The van der Waals surface area contributed by atoms with E-state index in [1.807, 2.05) is 13.0 Å². The van der Waals surface area contributed by atoms with Crippen molar-refractivity contribution in [3.63, 3.8) is 0 Å². The average Bonchev–Trinajstić information content (AvgIpc) is 2.77. The molecule has 0 aliphatic heterocycles. The Kier molecular flexibility index (Phi) is 2.76. The van der Waals surface area contributed by atoms with Crippen LogP contribution in [0.4, 0.5) is 0 Å². The van der Waals surface area contributed by atoms with Gasteiger partial charge in [0.1, 0.15) is 17.0 Å². The van der Waals surface area contributed by atoms with Gasteiger partial charge in [-0.1, -0.05) is 0 Å². The quantitative estimate of drug-likeness (QED) is 0.818. The Morgan fingerprint density at radius 3 is 3.12 bits per heavy atom. The summed E-state index contributed by atoms with van der Waals surface area (Å²) in [4.78, 5) is 18.8. The number of aromatic nitrogens is 2. The first kappa shape index (κ1) is 10.5. The van der Waals surface area contributed by atoms with Crippen LogP contribution in [-0.2, 0) is 0 Å². The zero-order valence-corrected chi connectivity index (χ0v) is 9.20. The topological polar surface area (TPSA) is 67.0 Å². The van der Waals surface area contributed by atoms with E-state index >= 15 is 0 Å². The first-order chi connectivity index (χ1) is 7.77. The molecule has 5 nitrogen and oxygen atoms in total. The van der Waals surface area contributed by atoms with Crippen LogP contribution in [0.3, 0.4) is 0 Å². The molecule has 2 aromatic rings. The molecule has 0 aliphatic carbocycles. The fraction of sp³-hybridized carbons (Fsp3) is 0.273. The van der Waals surface area contributed by atoms with Gasteiger partial charge in [0.2, 0.25) is 0 Å². The summed E-state index contributed by atoms with van der Waals surface area (Å²) in [5.74, 6) is 0.382. The van der Waals surface area contributed by atoms with E-state index in [4.69, 9.17) is 4.74 Å². The smallest absolute Gasteiger partial charge is 0.256 e. The van der Waals surface area contributed by atoms with E-state index in [-0.39, 0.29) is 5.91 Å². The highest BCUT2D eigenvalue weighted by atomic mass is 16.5. The number of rotatable bonds is 3. The van der Waals surface area contributed by atoms with Gasteiger partial charge in [0, 0.05) is 19.4 Å². The van der Waals surface area contributed by atoms with Crippen molar-refractivity contribution in [1.29, 1.82) is 0 Å². The minimum atomic E-state index is -0.195. The minimum absolute atomic E-state index is 0.195. The summed E-state index contributed by atoms with van der Waals surface area (Å²) in [6, 6.07) is 1.85. The third-order valence-electron chi connectivity index (χ3n) is 2.30. The second kappa shape index (κ2) is 4.22. The molecule has 0 aromatic carbocycles. The van der Waals surface area contributed by atoms with Gasteiger partial charge in [-0.15, -0.1) is 0 Å². The first-order valence-corrected chi connectivity index (χ1v) is 5.09. The molecule has 2 rings (SSSR count). The number of carbonyl (C=O) groups is 1. The van der Waals surface area contributed by atoms with Crippen molar-refractivity contribution in [2.75, 3.05) is 13.7 Å². The van der Waals surface area contributed by atoms with Crippen LogP contribution in [0.25, 0.3) is 11.0 Å². The molecule has 0 saturated carbocycles. The maximum Gasteiger partial charge on any atom is 0.256 e. The number of nitrogens with one attached hydrogen (secondary N) is 2. The summed E-state index contributed by atoms with van der Waals surface area (Å²) < 4.78 is 5.51. The number of pyridine rings is 1. The number of H-pyrrole nitrogens is 1. The minimum Gasteiger partial charge on any atom is -0.492 e. The number of amides is 1. The highest BCUT2D eigenvalue weighted by Gasteiger charge is 2.15. The van der Waals surface area contributed by atoms with Gasteiger partial charge in [0.25, 0.3) is 5.91 Å². The zero-order chi connectivity index (χ0) is 11.5. The molecule has 84 valence electrons. The molecule has 2 aromatic heterocycles. The van der Waals surface area contributed by atoms with E-state index in [0.29, 0.717) is 17.9 Å². The summed E-state index contributed by atoms with van der Waals surface area (Å²) >= 11 is 0. The molecular weight excluding hydrogens is 206 g/mol. The van der Waals surface area contributed by atoms with Gasteiger partial charge in [-0.3, -0.25) is 4.79 Å². The van der Waals surface area contributed by atoms with E-state index in [9.17, 15) is 4.79 Å². The third-order valence-corrected chi connectivity index (χ3v) is 2.30. The predicted molar refractivity (Wildman–Crippen MR) is 60.7 cm³/mol. The van der Waals surface area contributed by atoms with Gasteiger partial charge >= 0.3 is 0 Å². The standard InChI is InChI=1S/C11H13N3O2/c1-3-16-9-7-4-5-13-10(7)14-6-8(9)11(15)12-2/h4-6H,3H2,1-2H3,(H,12,15)(H,13,14). The van der Waals surface area contributed by atoms with Gasteiger partial charge < -0.3 is 15.0 Å². The maximum atomic E-state index is 11.6. The van der Waals surface area contributed by atoms with Crippen LogP contribution in [0.15, 0.2) is 18.5 Å². The van der Waals surface area contributed by atoms with E-state index in [1.165, 1.54) is 6.20 Å². The fourth-order valence-electron chi connectivity index (χ4n) is 1.58. The number of ether oxygens (including phenoxy) is 1. The lowest BCUT2D eigenvalue weighted by atomic mass is 10.2. The lowest BCUT2D eigenvalue weighted by Crippen LogP contribution is -2.19. The van der Waals surface area contributed by atoms with Crippen LogP contribution in [0.2, 0.25) is 0 Å². The fourth-order valence-corrected chi connectivity index (χ4v) is 1.58. The SMILES string of the molecule is CCOc1c(C(=O)NC)cnc2[nH]ccc12. The number of nitrogens with zero attached hydrogens (tertiary/aromatic N) is 1. The molecule has 0 radical (unpaired) electrons. The molecular formula is C11H13N3O2. The van der Waals surface area contributed by atoms with Crippen molar-refractivity contribution in [1.82, 2.24) is 15.3 Å². The van der Waals surface area contributed by atoms with Gasteiger partial charge in [-0.25, -0.2) is 4.98 Å². The maximum absolute atomic E-state index is 11.6. The number of carbonyl (C=O) groups excluding carboxylic acids is 1. The second-order valence-electron chi connectivity index (χ2n) is 3.25. The Hall–Kier alpha value is -2.04. The summed E-state index contributed by atoms with van der Waals surface area (Å²) in [6.07, 6.45) is 3.29. The molecule has 16 heavy (non-hydrogen) atoms. The largest absolute Gasteiger partial charge is 0.492 e. The molecule has 0 fully saturated rings. The van der Waals surface area contributed by atoms with Crippen molar-refractivity contribution >= 4 is 16.9 Å². The van der Waals surface area contributed by atoms with E-state index in [1.54, 1.807) is 13.2 Å². The number of hydrogen-bond acceptors (Lipinski definition) is 3. The van der Waals surface area contributed by atoms with Crippen LogP contribution in [0.1, 0.15) is 17.3 Å². The lowest BCUT2D eigenvalue weighted by Gasteiger charge is -2.09. The van der Waals surface area contributed by atoms with E-state index in [0.717, 1.165) is 11.0 Å². The normalized spacial score (nSPS) is 10.4. The number of aromatic amines is 1. The van der Waals surface area contributed by atoms with Crippen LogP contribution < -0.4 is 10.1 Å². The monoisotopic (exact) mass is 219 g/mol. The van der Waals surface area contributed by atoms with E-state index in [2.05, 4.69) is 15.3 Å². The second-order valence-corrected chi connectivity index (χ2v) is 3.25. The Morgan fingerprint density at radius 1 is 1.62 bits per heavy atom. The van der Waals surface area contributed by atoms with Crippen molar-refractivity contribution in [2.45, 2.75) is 6.92 Å². The molecule has 2 N–H and O–H groups in total. The van der Waals surface area contributed by atoms with Crippen molar-refractivity contribution in [3.8, 4) is 5.75 Å². The first-order valence-electron chi connectivity index (χ1n) is 5.09. The summed E-state index contributed by atoms with van der Waals surface area (Å²) in [5, 5.41) is 3.39. The summed E-state index contributed by atoms with van der Waals surface area (Å²) in [5.41, 5.74) is 1.17. The van der Waals surface area contributed by atoms with Gasteiger partial charge in [0.15, 0.2) is 0 Å². The van der Waals surface area contributed by atoms with Gasteiger partial charge in [0.05, 0.1) is 12.0 Å². The molecule has 0 aliphatic rings. The highest BCUT2D eigenvalue weighted by Crippen LogP contribution is 2.27. The molecule has 2 heterocycles. The zero-order valence-electron chi connectivity index (χ0n) is 9.20. The number of fused-ring (bicyclic) bond motifs is 1. The molecule has 0 bridgehead atoms. The molecule has 0 unspecified atom stereocenters. The number of hydrogen-bond donors (Lipinski definition) is 2. The summed E-state index contributed by atoms with van der Waals surface area (Å²) in [6.45, 7) is 2.39. The van der Waals surface area contributed by atoms with Crippen LogP contribution in [0.5, 0.6) is 5.75 Å². The van der Waals surface area contributed by atoms with E-state index < -0.39 is 0 Å². The third kappa shape index (κ3) is 1.60. The Balaban J connectivity index is 2.63. The molecule has 0 spiro atoms. The van der Waals surface area contributed by atoms with Gasteiger partial charge in [-0.05, 0) is 13.0 Å². The molecule has 1 amide bonds. The predicted octanol–water partition coefficient (Wildman–Crippen LogP) is 1.32. The lowest BCUT2D eigenvalue weighted by molar-refractivity contribution is 0.0959.